The van der Waals surface area contributed by atoms with Crippen LogP contribution in [0.4, 0.5) is 14.5 Å². The lowest BCUT2D eigenvalue weighted by molar-refractivity contribution is -0.155. The number of rotatable bonds is 4. The molecule has 1 amide bonds. The lowest BCUT2D eigenvalue weighted by Gasteiger charge is -2.35. The number of halogens is 2. The molecule has 1 fully saturated rings. The van der Waals surface area contributed by atoms with Gasteiger partial charge in [-0.2, -0.15) is 8.78 Å². The molecule has 1 aromatic carbocycles. The van der Waals surface area contributed by atoms with Crippen LogP contribution in [0.1, 0.15) is 31.2 Å². The summed E-state index contributed by atoms with van der Waals surface area (Å²) in [6, 6.07) is 5.38. The summed E-state index contributed by atoms with van der Waals surface area (Å²) >= 11 is 0. The summed E-state index contributed by atoms with van der Waals surface area (Å²) in [5, 5.41) is 0.953. The molecule has 2 aliphatic rings. The summed E-state index contributed by atoms with van der Waals surface area (Å²) in [6.45, 7) is 1.82. The Morgan fingerprint density at radius 2 is 1.89 bits per heavy atom. The highest BCUT2D eigenvalue weighted by Crippen LogP contribution is 2.38. The molecule has 2 atom stereocenters. The summed E-state index contributed by atoms with van der Waals surface area (Å²) in [4.78, 5) is 25.4. The Balaban J connectivity index is 1.96. The Hall–Kier alpha value is -2.09. The first kappa shape index (κ1) is 19.7. The van der Waals surface area contributed by atoms with Crippen molar-refractivity contribution in [2.24, 2.45) is 5.92 Å². The van der Waals surface area contributed by atoms with Crippen LogP contribution in [0, 0.1) is 12.8 Å². The molecule has 1 aliphatic heterocycles. The Morgan fingerprint density at radius 1 is 1.22 bits per heavy atom. The molecule has 27 heavy (non-hydrogen) atoms. The smallest absolute Gasteiger partial charge is 0.300 e. The molecule has 0 saturated heterocycles. The fourth-order valence-electron chi connectivity index (χ4n) is 3.55. The van der Waals surface area contributed by atoms with E-state index in [4.69, 9.17) is 0 Å². The summed E-state index contributed by atoms with van der Waals surface area (Å²) in [6.07, 6.45) is 1.60. The van der Waals surface area contributed by atoms with Crippen LogP contribution in [0.2, 0.25) is 0 Å². The highest BCUT2D eigenvalue weighted by molar-refractivity contribution is 7.94. The second-order valence-corrected chi connectivity index (χ2v) is 9.12. The molecule has 146 valence electrons. The number of alkyl halides is 2. The van der Waals surface area contributed by atoms with Crippen molar-refractivity contribution < 1.29 is 26.8 Å². The van der Waals surface area contributed by atoms with Gasteiger partial charge in [-0.15, -0.1) is 0 Å². The van der Waals surface area contributed by atoms with Crippen LogP contribution in [-0.2, 0) is 19.4 Å². The lowest BCUT2D eigenvalue weighted by Crippen LogP contribution is -2.53. The van der Waals surface area contributed by atoms with E-state index in [1.165, 1.54) is 18.2 Å². The second-order valence-electron chi connectivity index (χ2n) is 7.19. The van der Waals surface area contributed by atoms with E-state index in [0.717, 1.165) is 15.9 Å². The maximum absolute atomic E-state index is 15.0. The first-order chi connectivity index (χ1) is 12.6. The molecule has 0 N–H and O–H groups in total. The van der Waals surface area contributed by atoms with Crippen LogP contribution in [-0.4, -0.2) is 37.8 Å². The molecule has 2 unspecified atom stereocenters. The minimum absolute atomic E-state index is 0.0883. The molecule has 1 aromatic rings. The average Bonchev–Trinajstić information content (AvgIpc) is 2.96. The number of ketones is 1. The van der Waals surface area contributed by atoms with Gasteiger partial charge in [0.2, 0.25) is 0 Å². The summed E-state index contributed by atoms with van der Waals surface area (Å²) < 4.78 is 53.6. The highest BCUT2D eigenvalue weighted by Gasteiger charge is 2.52. The number of carbonyl (C=O) groups is 2. The number of aryl methyl sites for hydroxylation is 1. The third kappa shape index (κ3) is 4.10. The van der Waals surface area contributed by atoms with Crippen LogP contribution < -0.4 is 4.90 Å². The first-order valence-electron chi connectivity index (χ1n) is 8.81. The van der Waals surface area contributed by atoms with Gasteiger partial charge in [0.05, 0.1) is 11.8 Å². The number of hydrogen-bond donors (Lipinski definition) is 0. The van der Waals surface area contributed by atoms with Crippen LogP contribution >= 0.6 is 0 Å². The summed E-state index contributed by atoms with van der Waals surface area (Å²) in [5.41, 5.74) is 1.09. The lowest BCUT2D eigenvalue weighted by atomic mass is 9.83. The van der Waals surface area contributed by atoms with E-state index in [1.54, 1.807) is 12.1 Å². The van der Waals surface area contributed by atoms with Gasteiger partial charge < -0.3 is 0 Å². The number of carbonyl (C=O) groups excluding carboxylic acids is 2. The quantitative estimate of drug-likeness (QED) is 0.783. The fraction of sp³-hybridized carbons (Fsp3) is 0.474. The third-order valence-electron chi connectivity index (χ3n) is 5.05. The number of anilines is 1. The number of sulfone groups is 1. The van der Waals surface area contributed by atoms with E-state index < -0.39 is 39.4 Å². The third-order valence-corrected chi connectivity index (χ3v) is 6.43. The first-order valence-corrected chi connectivity index (χ1v) is 10.5. The van der Waals surface area contributed by atoms with Gasteiger partial charge in [0.1, 0.15) is 5.78 Å². The fourth-order valence-corrected chi connectivity index (χ4v) is 4.82. The topological polar surface area (TPSA) is 71.5 Å². The number of benzene rings is 1. The van der Waals surface area contributed by atoms with Gasteiger partial charge in [-0.3, -0.25) is 14.5 Å². The zero-order valence-corrected chi connectivity index (χ0v) is 15.7. The molecular formula is C19H21F2NO4S. The van der Waals surface area contributed by atoms with Crippen molar-refractivity contribution in [2.75, 3.05) is 10.7 Å². The van der Waals surface area contributed by atoms with Gasteiger partial charge in [-0.05, 0) is 38.0 Å². The largest absolute Gasteiger partial charge is 0.328 e. The molecule has 3 rings (SSSR count). The maximum atomic E-state index is 15.0. The van der Waals surface area contributed by atoms with Crippen LogP contribution in [0.3, 0.4) is 0 Å². The van der Waals surface area contributed by atoms with Gasteiger partial charge in [0.15, 0.2) is 9.84 Å². The van der Waals surface area contributed by atoms with Crippen molar-refractivity contribution in [3.63, 3.8) is 0 Å². The Morgan fingerprint density at radius 3 is 2.44 bits per heavy atom. The van der Waals surface area contributed by atoms with E-state index in [9.17, 15) is 18.0 Å². The molecule has 0 bridgehead atoms. The zero-order chi connectivity index (χ0) is 19.8. The van der Waals surface area contributed by atoms with E-state index >= 15 is 8.78 Å². The molecule has 1 saturated carbocycles. The van der Waals surface area contributed by atoms with E-state index in [1.807, 2.05) is 6.92 Å². The Bertz CT molecular complexity index is 877. The van der Waals surface area contributed by atoms with Crippen LogP contribution in [0.5, 0.6) is 0 Å². The minimum atomic E-state index is -3.75. The van der Waals surface area contributed by atoms with E-state index in [0.29, 0.717) is 6.42 Å². The Labute approximate surface area is 157 Å². The van der Waals surface area contributed by atoms with Gasteiger partial charge in [-0.25, -0.2) is 8.42 Å². The van der Waals surface area contributed by atoms with Crippen LogP contribution in [0.15, 0.2) is 35.7 Å². The Kier molecular flexibility index (Phi) is 5.20. The SMILES string of the molecule is Cc1ccc(N(C(=O)C(F)(F)C2CCCC(=O)C2)C2C=CS(=O)(=O)C2)cc1. The van der Waals surface area contributed by atoms with Crippen molar-refractivity contribution >= 4 is 27.2 Å². The number of hydrogen-bond acceptors (Lipinski definition) is 4. The maximum Gasteiger partial charge on any atom is 0.328 e. The summed E-state index contributed by atoms with van der Waals surface area (Å²) in [7, 11) is -3.54. The van der Waals surface area contributed by atoms with Crippen LogP contribution in [0.25, 0.3) is 0 Å². The number of nitrogens with zero attached hydrogens (tertiary/aromatic N) is 1. The highest BCUT2D eigenvalue weighted by atomic mass is 32.2. The van der Waals surface area contributed by atoms with Crippen molar-refractivity contribution in [3.05, 3.63) is 41.3 Å². The molecule has 1 aliphatic carbocycles. The number of amides is 1. The monoisotopic (exact) mass is 397 g/mol. The molecule has 5 nitrogen and oxygen atoms in total. The van der Waals surface area contributed by atoms with Crippen molar-refractivity contribution in [1.29, 1.82) is 0 Å². The zero-order valence-electron chi connectivity index (χ0n) is 14.9. The normalized spacial score (nSPS) is 24.8. The predicted octanol–water partition coefficient (Wildman–Crippen LogP) is 3.03. The van der Waals surface area contributed by atoms with Crippen molar-refractivity contribution in [2.45, 2.75) is 44.6 Å². The van der Waals surface area contributed by atoms with Crippen molar-refractivity contribution in [1.82, 2.24) is 0 Å². The van der Waals surface area contributed by atoms with Gasteiger partial charge in [-0.1, -0.05) is 17.7 Å². The molecular weight excluding hydrogens is 376 g/mol. The molecule has 8 heteroatoms. The standard InChI is InChI=1S/C19H21F2NO4S/c1-13-5-7-15(8-6-13)22(16-9-10-27(25,26)12-16)18(24)19(20,21)14-3-2-4-17(23)11-14/h5-10,14,16H,2-4,11-12H2,1H3. The molecule has 0 radical (unpaired) electrons. The molecule has 1 heterocycles. The van der Waals surface area contributed by atoms with E-state index in [2.05, 4.69) is 0 Å². The second kappa shape index (κ2) is 7.14. The van der Waals surface area contributed by atoms with Gasteiger partial charge in [0.25, 0.3) is 5.91 Å². The summed E-state index contributed by atoms with van der Waals surface area (Å²) in [5.74, 6) is -7.28. The number of Topliss-reactive ketones (excluding diaryl/α,β-unsaturated/α-hetero) is 1. The van der Waals surface area contributed by atoms with Gasteiger partial charge in [0, 0.05) is 29.9 Å². The van der Waals surface area contributed by atoms with Crippen molar-refractivity contribution in [3.8, 4) is 0 Å². The van der Waals surface area contributed by atoms with E-state index in [-0.39, 0.29) is 30.7 Å². The minimum Gasteiger partial charge on any atom is -0.300 e. The predicted molar refractivity (Wildman–Crippen MR) is 97.3 cm³/mol. The molecule has 0 spiro atoms. The average molecular weight is 397 g/mol. The molecule has 0 aromatic heterocycles. The van der Waals surface area contributed by atoms with Gasteiger partial charge >= 0.3 is 5.92 Å².